The van der Waals surface area contributed by atoms with Gasteiger partial charge in [0.15, 0.2) is 5.11 Å². The molecule has 0 bridgehead atoms. The Morgan fingerprint density at radius 1 is 1.23 bits per heavy atom. The SMILES string of the molecule is CC(C)(C)NC(=S)N/N=C\c1ccc(-c2ccccc2F)o1. The smallest absolute Gasteiger partial charge is 0.187 e. The molecule has 0 spiro atoms. The van der Waals surface area contributed by atoms with E-state index in [1.54, 1.807) is 30.3 Å². The molecule has 0 aliphatic carbocycles. The van der Waals surface area contributed by atoms with E-state index in [2.05, 4.69) is 15.8 Å². The van der Waals surface area contributed by atoms with Crippen LogP contribution in [-0.4, -0.2) is 16.9 Å². The van der Waals surface area contributed by atoms with Crippen LogP contribution in [0.5, 0.6) is 0 Å². The van der Waals surface area contributed by atoms with Crippen LogP contribution in [-0.2, 0) is 0 Å². The van der Waals surface area contributed by atoms with Crippen molar-refractivity contribution in [2.24, 2.45) is 5.10 Å². The van der Waals surface area contributed by atoms with Gasteiger partial charge in [0.1, 0.15) is 17.3 Å². The van der Waals surface area contributed by atoms with E-state index in [1.807, 2.05) is 20.8 Å². The number of hydrogen-bond donors (Lipinski definition) is 2. The second-order valence-electron chi connectivity index (χ2n) is 5.76. The lowest BCUT2D eigenvalue weighted by molar-refractivity contribution is 0.508. The average Bonchev–Trinajstić information content (AvgIpc) is 2.85. The zero-order chi connectivity index (χ0) is 16.2. The highest BCUT2D eigenvalue weighted by Gasteiger charge is 2.10. The minimum atomic E-state index is -0.325. The number of hydrazone groups is 1. The molecule has 0 fully saturated rings. The minimum Gasteiger partial charge on any atom is -0.455 e. The lowest BCUT2D eigenvalue weighted by atomic mass is 10.1. The summed E-state index contributed by atoms with van der Waals surface area (Å²) in [6, 6.07) is 9.86. The fraction of sp³-hybridized carbons (Fsp3) is 0.250. The van der Waals surface area contributed by atoms with Crippen LogP contribution in [0, 0.1) is 5.82 Å². The summed E-state index contributed by atoms with van der Waals surface area (Å²) in [6.07, 6.45) is 1.49. The topological polar surface area (TPSA) is 49.6 Å². The van der Waals surface area contributed by atoms with E-state index in [4.69, 9.17) is 16.6 Å². The number of nitrogens with zero attached hydrogens (tertiary/aromatic N) is 1. The van der Waals surface area contributed by atoms with Crippen LogP contribution in [0.2, 0.25) is 0 Å². The van der Waals surface area contributed by atoms with E-state index in [-0.39, 0.29) is 11.4 Å². The van der Waals surface area contributed by atoms with Crippen LogP contribution < -0.4 is 10.7 Å². The molecule has 0 aliphatic heterocycles. The molecule has 0 atom stereocenters. The number of benzene rings is 1. The van der Waals surface area contributed by atoms with Gasteiger partial charge >= 0.3 is 0 Å². The van der Waals surface area contributed by atoms with E-state index in [9.17, 15) is 4.39 Å². The van der Waals surface area contributed by atoms with Crippen molar-refractivity contribution in [1.82, 2.24) is 10.7 Å². The molecule has 4 nitrogen and oxygen atoms in total. The molecular weight excluding hydrogens is 301 g/mol. The molecule has 6 heteroatoms. The van der Waals surface area contributed by atoms with Crippen LogP contribution in [0.1, 0.15) is 26.5 Å². The van der Waals surface area contributed by atoms with E-state index in [0.29, 0.717) is 22.2 Å². The van der Waals surface area contributed by atoms with Gasteiger partial charge in [0.05, 0.1) is 11.8 Å². The summed E-state index contributed by atoms with van der Waals surface area (Å²) in [4.78, 5) is 0. The van der Waals surface area contributed by atoms with Crippen LogP contribution in [0.25, 0.3) is 11.3 Å². The van der Waals surface area contributed by atoms with Gasteiger partial charge in [0.2, 0.25) is 0 Å². The van der Waals surface area contributed by atoms with E-state index in [1.165, 1.54) is 12.3 Å². The Morgan fingerprint density at radius 3 is 2.64 bits per heavy atom. The lowest BCUT2D eigenvalue weighted by Crippen LogP contribution is -2.44. The average molecular weight is 319 g/mol. The summed E-state index contributed by atoms with van der Waals surface area (Å²) in [5.41, 5.74) is 2.98. The highest BCUT2D eigenvalue weighted by molar-refractivity contribution is 7.80. The second-order valence-corrected chi connectivity index (χ2v) is 6.16. The summed E-state index contributed by atoms with van der Waals surface area (Å²) in [5, 5.41) is 7.48. The van der Waals surface area contributed by atoms with Crippen LogP contribution in [0.15, 0.2) is 45.9 Å². The largest absolute Gasteiger partial charge is 0.455 e. The minimum absolute atomic E-state index is 0.137. The first-order chi connectivity index (χ1) is 10.3. The first-order valence-electron chi connectivity index (χ1n) is 6.81. The van der Waals surface area contributed by atoms with Crippen molar-refractivity contribution in [3.05, 3.63) is 48.0 Å². The first-order valence-corrected chi connectivity index (χ1v) is 7.22. The Labute approximate surface area is 134 Å². The fourth-order valence-electron chi connectivity index (χ4n) is 1.75. The van der Waals surface area contributed by atoms with Crippen LogP contribution in [0.3, 0.4) is 0 Å². The number of rotatable bonds is 3. The summed E-state index contributed by atoms with van der Waals surface area (Å²) in [6.45, 7) is 5.99. The molecule has 2 aromatic rings. The predicted molar refractivity (Wildman–Crippen MR) is 90.3 cm³/mol. The third-order valence-corrected chi connectivity index (χ3v) is 2.81. The van der Waals surface area contributed by atoms with Gasteiger partial charge in [-0.05, 0) is 57.3 Å². The van der Waals surface area contributed by atoms with Gasteiger partial charge in [-0.1, -0.05) is 12.1 Å². The molecule has 0 aliphatic rings. The Kier molecular flexibility index (Phi) is 4.92. The van der Waals surface area contributed by atoms with Gasteiger partial charge < -0.3 is 9.73 Å². The Balaban J connectivity index is 1.99. The van der Waals surface area contributed by atoms with E-state index >= 15 is 0 Å². The van der Waals surface area contributed by atoms with Gasteiger partial charge in [-0.3, -0.25) is 5.43 Å². The molecule has 116 valence electrons. The standard InChI is InChI=1S/C16H18FN3OS/c1-16(2,3)19-15(22)20-18-10-11-8-9-14(21-11)12-6-4-5-7-13(12)17/h4-10H,1-3H3,(H2,19,20,22)/b18-10-. The summed E-state index contributed by atoms with van der Waals surface area (Å²) in [7, 11) is 0. The summed E-state index contributed by atoms with van der Waals surface area (Å²) in [5.74, 6) is 0.633. The number of hydrogen-bond acceptors (Lipinski definition) is 3. The molecule has 22 heavy (non-hydrogen) atoms. The van der Waals surface area contributed by atoms with E-state index < -0.39 is 0 Å². The Bertz CT molecular complexity index is 689. The maximum Gasteiger partial charge on any atom is 0.187 e. The molecule has 2 rings (SSSR count). The zero-order valence-electron chi connectivity index (χ0n) is 12.7. The molecule has 0 amide bonds. The fourth-order valence-corrected chi connectivity index (χ4v) is 2.11. The second kappa shape index (κ2) is 6.70. The number of halogens is 1. The van der Waals surface area contributed by atoms with Crippen molar-refractivity contribution in [3.8, 4) is 11.3 Å². The molecule has 0 unspecified atom stereocenters. The Hall–Kier alpha value is -2.21. The molecule has 0 saturated carbocycles. The van der Waals surface area contributed by atoms with Crippen molar-refractivity contribution in [2.45, 2.75) is 26.3 Å². The van der Waals surface area contributed by atoms with Crippen molar-refractivity contribution < 1.29 is 8.81 Å². The van der Waals surface area contributed by atoms with Gasteiger partial charge in [-0.2, -0.15) is 5.10 Å². The van der Waals surface area contributed by atoms with Gasteiger partial charge in [0.25, 0.3) is 0 Å². The molecular formula is C16H18FN3OS. The molecule has 2 N–H and O–H groups in total. The third kappa shape index (κ3) is 4.66. The highest BCUT2D eigenvalue weighted by Crippen LogP contribution is 2.24. The monoisotopic (exact) mass is 319 g/mol. The maximum atomic E-state index is 13.7. The quantitative estimate of drug-likeness (QED) is 0.515. The van der Waals surface area contributed by atoms with Gasteiger partial charge in [0, 0.05) is 5.54 Å². The lowest BCUT2D eigenvalue weighted by Gasteiger charge is -2.21. The molecule has 1 heterocycles. The van der Waals surface area contributed by atoms with Crippen molar-refractivity contribution >= 4 is 23.5 Å². The first kappa shape index (κ1) is 16.2. The van der Waals surface area contributed by atoms with Crippen molar-refractivity contribution in [2.75, 3.05) is 0 Å². The van der Waals surface area contributed by atoms with Gasteiger partial charge in [-0.25, -0.2) is 4.39 Å². The summed E-state index contributed by atoms with van der Waals surface area (Å²) < 4.78 is 19.2. The van der Waals surface area contributed by atoms with Crippen molar-refractivity contribution in [1.29, 1.82) is 0 Å². The third-order valence-electron chi connectivity index (χ3n) is 2.61. The maximum absolute atomic E-state index is 13.7. The zero-order valence-corrected chi connectivity index (χ0v) is 13.5. The summed E-state index contributed by atoms with van der Waals surface area (Å²) >= 11 is 5.10. The molecule has 1 aromatic carbocycles. The van der Waals surface area contributed by atoms with E-state index in [0.717, 1.165) is 0 Å². The highest BCUT2D eigenvalue weighted by atomic mass is 32.1. The van der Waals surface area contributed by atoms with Gasteiger partial charge in [-0.15, -0.1) is 0 Å². The number of thiocarbonyl (C=S) groups is 1. The molecule has 0 saturated heterocycles. The molecule has 1 aromatic heterocycles. The molecule has 0 radical (unpaired) electrons. The number of furan rings is 1. The van der Waals surface area contributed by atoms with Crippen molar-refractivity contribution in [3.63, 3.8) is 0 Å². The number of nitrogens with one attached hydrogen (secondary N) is 2. The Morgan fingerprint density at radius 2 is 1.95 bits per heavy atom. The normalized spacial score (nSPS) is 11.6. The van der Waals surface area contributed by atoms with Crippen LogP contribution in [0.4, 0.5) is 4.39 Å². The predicted octanol–water partition coefficient (Wildman–Crippen LogP) is 3.68. The van der Waals surface area contributed by atoms with Crippen LogP contribution >= 0.6 is 12.2 Å².